The highest BCUT2D eigenvalue weighted by Crippen LogP contribution is 2.43. The maximum Gasteiger partial charge on any atom is 0.345 e. The second-order valence-electron chi connectivity index (χ2n) is 6.16. The third-order valence-corrected chi connectivity index (χ3v) is 4.83. The molecule has 1 N–H and O–H groups in total. The molecular formula is C17H18N4O4. The molecule has 2 aromatic rings. The largest absolute Gasteiger partial charge is 0.467 e. The summed E-state index contributed by atoms with van der Waals surface area (Å²) in [4.78, 5) is 25.9. The Morgan fingerprint density at radius 3 is 2.84 bits per heavy atom. The first-order chi connectivity index (χ1) is 12.1. The molecule has 1 unspecified atom stereocenters. The molecule has 1 fully saturated rings. The summed E-state index contributed by atoms with van der Waals surface area (Å²) in [6, 6.07) is 7.97. The summed E-state index contributed by atoms with van der Waals surface area (Å²) in [5, 5.41) is 15.1. The molecule has 0 aliphatic carbocycles. The SMILES string of the molecule is COC(=O)C1c2c(cnn2CCc2ccccc2)[C@H]2CN1C(=O)N2O. The van der Waals surface area contributed by atoms with E-state index in [9.17, 15) is 14.8 Å². The molecule has 2 aliphatic heterocycles. The zero-order valence-corrected chi connectivity index (χ0v) is 13.7. The Morgan fingerprint density at radius 2 is 2.12 bits per heavy atom. The number of urea groups is 1. The summed E-state index contributed by atoms with van der Waals surface area (Å²) in [6.07, 6.45) is 2.37. The first-order valence-corrected chi connectivity index (χ1v) is 8.08. The van der Waals surface area contributed by atoms with Crippen molar-refractivity contribution in [1.29, 1.82) is 0 Å². The Hall–Kier alpha value is -2.87. The number of ether oxygens (including phenoxy) is 1. The normalized spacial score (nSPS) is 21.4. The van der Waals surface area contributed by atoms with Gasteiger partial charge in [-0.2, -0.15) is 10.2 Å². The van der Waals surface area contributed by atoms with Crippen molar-refractivity contribution in [2.45, 2.75) is 25.0 Å². The van der Waals surface area contributed by atoms with Crippen molar-refractivity contribution in [2.75, 3.05) is 13.7 Å². The van der Waals surface area contributed by atoms with Crippen LogP contribution in [0.25, 0.3) is 0 Å². The van der Waals surface area contributed by atoms with E-state index in [2.05, 4.69) is 5.10 Å². The molecule has 25 heavy (non-hydrogen) atoms. The number of benzene rings is 1. The highest BCUT2D eigenvalue weighted by Gasteiger charge is 2.52. The van der Waals surface area contributed by atoms with Crippen molar-refractivity contribution < 1.29 is 19.5 Å². The minimum absolute atomic E-state index is 0.243. The van der Waals surface area contributed by atoms with Crippen LogP contribution in [0.5, 0.6) is 0 Å². The van der Waals surface area contributed by atoms with E-state index in [1.165, 1.54) is 12.0 Å². The fourth-order valence-corrected chi connectivity index (χ4v) is 3.57. The van der Waals surface area contributed by atoms with Crippen LogP contribution in [-0.4, -0.2) is 50.6 Å². The van der Waals surface area contributed by atoms with E-state index in [0.29, 0.717) is 22.9 Å². The number of methoxy groups -OCH3 is 1. The maximum atomic E-state index is 12.3. The lowest BCUT2D eigenvalue weighted by Crippen LogP contribution is -2.40. The number of amides is 2. The first kappa shape index (κ1) is 15.6. The van der Waals surface area contributed by atoms with Gasteiger partial charge in [-0.05, 0) is 12.0 Å². The third kappa shape index (κ3) is 2.37. The first-order valence-electron chi connectivity index (χ1n) is 8.08. The Kier molecular flexibility index (Phi) is 3.69. The molecule has 2 aliphatic rings. The number of carbonyl (C=O) groups excluding carboxylic acids is 2. The van der Waals surface area contributed by atoms with E-state index in [1.54, 1.807) is 10.9 Å². The molecule has 0 spiro atoms. The molecular weight excluding hydrogens is 324 g/mol. The maximum absolute atomic E-state index is 12.3. The van der Waals surface area contributed by atoms with Gasteiger partial charge in [-0.3, -0.25) is 9.89 Å². The molecule has 2 atom stereocenters. The van der Waals surface area contributed by atoms with Crippen LogP contribution in [0.3, 0.4) is 0 Å². The summed E-state index contributed by atoms with van der Waals surface area (Å²) >= 11 is 0. The number of nitrogens with zero attached hydrogens (tertiary/aromatic N) is 4. The number of rotatable bonds is 4. The zero-order valence-electron chi connectivity index (χ0n) is 13.7. The summed E-state index contributed by atoms with van der Waals surface area (Å²) in [7, 11) is 1.29. The Balaban J connectivity index is 1.70. The molecule has 8 nitrogen and oxygen atoms in total. The third-order valence-electron chi connectivity index (χ3n) is 4.83. The zero-order chi connectivity index (χ0) is 17.6. The predicted octanol–water partition coefficient (Wildman–Crippen LogP) is 1.52. The lowest BCUT2D eigenvalue weighted by atomic mass is 9.98. The van der Waals surface area contributed by atoms with E-state index in [-0.39, 0.29) is 6.54 Å². The highest BCUT2D eigenvalue weighted by molar-refractivity contribution is 5.87. The standard InChI is InChI=1S/C17H18N4O4/c1-25-16(22)15-14-12(13-10-19(15)17(23)21(13)24)9-18-20(14)8-7-11-5-3-2-4-6-11/h2-6,9,13,15,24H,7-8,10H2,1H3/t13-,15?/m1/s1. The average Bonchev–Trinajstić information content (AvgIpc) is 3.17. The van der Waals surface area contributed by atoms with E-state index in [1.807, 2.05) is 30.3 Å². The quantitative estimate of drug-likeness (QED) is 0.672. The second-order valence-corrected chi connectivity index (χ2v) is 6.16. The number of esters is 1. The minimum atomic E-state index is -0.890. The number of aryl methyl sites for hydroxylation is 2. The molecule has 1 saturated heterocycles. The van der Waals surface area contributed by atoms with Crippen molar-refractivity contribution in [1.82, 2.24) is 19.7 Å². The highest BCUT2D eigenvalue weighted by atomic mass is 16.5. The summed E-state index contributed by atoms with van der Waals surface area (Å²) in [5.74, 6) is -0.537. The van der Waals surface area contributed by atoms with Gasteiger partial charge in [0.05, 0.1) is 25.5 Å². The number of hydrogen-bond acceptors (Lipinski definition) is 5. The number of hydroxylamine groups is 2. The van der Waals surface area contributed by atoms with Gasteiger partial charge in [-0.25, -0.2) is 9.59 Å². The van der Waals surface area contributed by atoms with Gasteiger partial charge in [0.25, 0.3) is 0 Å². The van der Waals surface area contributed by atoms with Crippen molar-refractivity contribution in [3.05, 3.63) is 53.3 Å². The summed E-state index contributed by atoms with van der Waals surface area (Å²) in [6.45, 7) is 0.805. The minimum Gasteiger partial charge on any atom is -0.467 e. The van der Waals surface area contributed by atoms with Gasteiger partial charge < -0.3 is 9.64 Å². The molecule has 0 radical (unpaired) electrons. The van der Waals surface area contributed by atoms with Crippen molar-refractivity contribution in [2.24, 2.45) is 0 Å². The Bertz CT molecular complexity index is 819. The number of fused-ring (bicyclic) bond motifs is 4. The Labute approximate surface area is 144 Å². The molecule has 8 heteroatoms. The topological polar surface area (TPSA) is 87.9 Å². The molecule has 0 saturated carbocycles. The molecule has 1 aromatic carbocycles. The monoisotopic (exact) mass is 342 g/mol. The van der Waals surface area contributed by atoms with Crippen LogP contribution in [0.1, 0.15) is 28.9 Å². The summed E-state index contributed by atoms with van der Waals surface area (Å²) in [5.41, 5.74) is 2.46. The van der Waals surface area contributed by atoms with E-state index >= 15 is 0 Å². The van der Waals surface area contributed by atoms with Gasteiger partial charge in [0, 0.05) is 12.1 Å². The van der Waals surface area contributed by atoms with Crippen molar-refractivity contribution in [3.8, 4) is 0 Å². The molecule has 130 valence electrons. The van der Waals surface area contributed by atoms with E-state index in [4.69, 9.17) is 4.74 Å². The fourth-order valence-electron chi connectivity index (χ4n) is 3.57. The smallest absolute Gasteiger partial charge is 0.345 e. The average molecular weight is 342 g/mol. The van der Waals surface area contributed by atoms with Crippen LogP contribution in [0.2, 0.25) is 0 Å². The van der Waals surface area contributed by atoms with Crippen molar-refractivity contribution >= 4 is 12.0 Å². The van der Waals surface area contributed by atoms with E-state index < -0.39 is 24.1 Å². The molecule has 2 bridgehead atoms. The fraction of sp³-hybridized carbons (Fsp3) is 0.353. The second kappa shape index (κ2) is 5.89. The van der Waals surface area contributed by atoms with Crippen LogP contribution >= 0.6 is 0 Å². The van der Waals surface area contributed by atoms with Gasteiger partial charge >= 0.3 is 12.0 Å². The Morgan fingerprint density at radius 1 is 1.36 bits per heavy atom. The number of hydrogen-bond donors (Lipinski definition) is 1. The van der Waals surface area contributed by atoms with Crippen LogP contribution in [0.15, 0.2) is 36.5 Å². The van der Waals surface area contributed by atoms with Crippen LogP contribution in [0.4, 0.5) is 4.79 Å². The number of carbonyl (C=O) groups is 2. The molecule has 2 amide bonds. The summed E-state index contributed by atoms with van der Waals surface area (Å²) < 4.78 is 6.63. The van der Waals surface area contributed by atoms with Crippen molar-refractivity contribution in [3.63, 3.8) is 0 Å². The number of aromatic nitrogens is 2. The van der Waals surface area contributed by atoms with Crippen LogP contribution in [0, 0.1) is 0 Å². The van der Waals surface area contributed by atoms with E-state index in [0.717, 1.165) is 12.0 Å². The van der Waals surface area contributed by atoms with Gasteiger partial charge in [0.1, 0.15) is 6.04 Å². The van der Waals surface area contributed by atoms with Gasteiger partial charge in [-0.15, -0.1) is 0 Å². The van der Waals surface area contributed by atoms with Gasteiger partial charge in [-0.1, -0.05) is 30.3 Å². The predicted molar refractivity (Wildman–Crippen MR) is 85.6 cm³/mol. The lowest BCUT2D eigenvalue weighted by Gasteiger charge is -2.29. The molecule has 4 rings (SSSR count). The molecule has 3 heterocycles. The van der Waals surface area contributed by atoms with Gasteiger partial charge in [0.15, 0.2) is 6.04 Å². The van der Waals surface area contributed by atoms with Crippen LogP contribution < -0.4 is 0 Å². The van der Waals surface area contributed by atoms with Gasteiger partial charge in [0.2, 0.25) is 0 Å². The molecule has 1 aromatic heterocycles. The van der Waals surface area contributed by atoms with Crippen LogP contribution in [-0.2, 0) is 22.5 Å². The lowest BCUT2D eigenvalue weighted by molar-refractivity contribution is -0.146.